The normalized spacial score (nSPS) is 11.3. The molecule has 0 N–H and O–H groups in total. The van der Waals surface area contributed by atoms with Gasteiger partial charge in [0.1, 0.15) is 5.82 Å². The van der Waals surface area contributed by atoms with Crippen LogP contribution in [0.15, 0.2) is 67.0 Å². The van der Waals surface area contributed by atoms with Crippen LogP contribution in [0.25, 0.3) is 21.8 Å². The number of benzene rings is 2. The largest absolute Gasteiger partial charge is 0.343 e. The number of rotatable bonds is 2. The molecule has 4 rings (SSSR count). The van der Waals surface area contributed by atoms with Crippen molar-refractivity contribution in [1.29, 1.82) is 0 Å². The Morgan fingerprint density at radius 3 is 2.90 bits per heavy atom. The summed E-state index contributed by atoms with van der Waals surface area (Å²) in [5.74, 6) is -0.172. The van der Waals surface area contributed by atoms with Crippen molar-refractivity contribution in [2.24, 2.45) is 0 Å². The predicted molar refractivity (Wildman–Crippen MR) is 82.7 cm³/mol. The topological polar surface area (TPSA) is 17.8 Å². The zero-order chi connectivity index (χ0) is 14.2. The van der Waals surface area contributed by atoms with E-state index in [0.29, 0.717) is 5.39 Å². The first kappa shape index (κ1) is 12.1. The number of fused-ring (bicyclic) bond motifs is 2. The highest BCUT2D eigenvalue weighted by Crippen LogP contribution is 2.21. The Balaban J connectivity index is 1.77. The van der Waals surface area contributed by atoms with E-state index in [-0.39, 0.29) is 5.82 Å². The number of hydrogen-bond donors (Lipinski definition) is 0. The maximum Gasteiger partial charge on any atom is 0.132 e. The van der Waals surface area contributed by atoms with Crippen LogP contribution in [-0.2, 0) is 6.54 Å². The molecule has 3 heteroatoms. The Bertz CT molecular complexity index is 940. The quantitative estimate of drug-likeness (QED) is 0.531. The summed E-state index contributed by atoms with van der Waals surface area (Å²) in [7, 11) is 0. The molecule has 21 heavy (non-hydrogen) atoms. The maximum atomic E-state index is 13.7. The van der Waals surface area contributed by atoms with Gasteiger partial charge in [0.25, 0.3) is 0 Å². The van der Waals surface area contributed by atoms with Crippen LogP contribution in [0.1, 0.15) is 5.56 Å². The molecular formula is C18H13FN2. The maximum absolute atomic E-state index is 13.7. The molecule has 2 nitrogen and oxygen atoms in total. The van der Waals surface area contributed by atoms with Gasteiger partial charge in [0, 0.05) is 29.7 Å². The molecule has 4 aromatic rings. The lowest BCUT2D eigenvalue weighted by molar-refractivity contribution is 0.639. The summed E-state index contributed by atoms with van der Waals surface area (Å²) >= 11 is 0. The fraction of sp³-hybridized carbons (Fsp3) is 0.0556. The summed E-state index contributed by atoms with van der Waals surface area (Å²) in [6.45, 7) is 0.720. The van der Waals surface area contributed by atoms with Crippen molar-refractivity contribution in [3.8, 4) is 0 Å². The van der Waals surface area contributed by atoms with Crippen LogP contribution >= 0.6 is 0 Å². The van der Waals surface area contributed by atoms with E-state index in [1.807, 2.05) is 30.5 Å². The molecule has 0 radical (unpaired) electrons. The molecule has 0 amide bonds. The molecule has 0 bridgehead atoms. The Hall–Kier alpha value is -2.68. The fourth-order valence-corrected chi connectivity index (χ4v) is 2.74. The van der Waals surface area contributed by atoms with Gasteiger partial charge in [0.15, 0.2) is 0 Å². The average molecular weight is 276 g/mol. The van der Waals surface area contributed by atoms with E-state index in [9.17, 15) is 4.39 Å². The lowest BCUT2D eigenvalue weighted by Crippen LogP contribution is -1.98. The third kappa shape index (κ3) is 2.07. The first-order valence-electron chi connectivity index (χ1n) is 6.88. The van der Waals surface area contributed by atoms with Crippen LogP contribution in [0.4, 0.5) is 4.39 Å². The van der Waals surface area contributed by atoms with Crippen molar-refractivity contribution in [2.45, 2.75) is 6.54 Å². The van der Waals surface area contributed by atoms with Gasteiger partial charge in [-0.2, -0.15) is 0 Å². The highest BCUT2D eigenvalue weighted by Gasteiger charge is 2.06. The number of halogens is 1. The van der Waals surface area contributed by atoms with Gasteiger partial charge in [-0.05, 0) is 42.0 Å². The fourth-order valence-electron chi connectivity index (χ4n) is 2.74. The minimum atomic E-state index is -0.172. The molecule has 102 valence electrons. The lowest BCUT2D eigenvalue weighted by Gasteiger charge is -2.07. The standard InChI is InChI=1S/C18H13FN2/c19-16-4-1-5-18-15(16)8-10-21(18)12-13-6-7-17-14(11-13)3-2-9-20-17/h1-11H,12H2. The summed E-state index contributed by atoms with van der Waals surface area (Å²) in [5.41, 5.74) is 3.09. The zero-order valence-corrected chi connectivity index (χ0v) is 11.3. The summed E-state index contributed by atoms with van der Waals surface area (Å²) < 4.78 is 15.8. The summed E-state index contributed by atoms with van der Waals surface area (Å²) in [6, 6.07) is 17.2. The molecule has 2 aromatic heterocycles. The Morgan fingerprint density at radius 1 is 1.00 bits per heavy atom. The van der Waals surface area contributed by atoms with E-state index in [0.717, 1.165) is 23.0 Å². The highest BCUT2D eigenvalue weighted by molar-refractivity contribution is 5.81. The second kappa shape index (κ2) is 4.70. The van der Waals surface area contributed by atoms with Gasteiger partial charge in [-0.3, -0.25) is 4.98 Å². The van der Waals surface area contributed by atoms with E-state index < -0.39 is 0 Å². The molecule has 0 saturated heterocycles. The Labute approximate surface area is 121 Å². The predicted octanol–water partition coefficient (Wildman–Crippen LogP) is 4.38. The molecule has 2 heterocycles. The SMILES string of the molecule is Fc1cccc2c1ccn2Cc1ccc2ncccc2c1. The number of nitrogens with zero attached hydrogens (tertiary/aromatic N) is 2. The van der Waals surface area contributed by atoms with Crippen molar-refractivity contribution in [3.05, 3.63) is 78.4 Å². The van der Waals surface area contributed by atoms with Crippen molar-refractivity contribution in [1.82, 2.24) is 9.55 Å². The molecule has 0 spiro atoms. The van der Waals surface area contributed by atoms with Gasteiger partial charge in [0.2, 0.25) is 0 Å². The minimum Gasteiger partial charge on any atom is -0.343 e. The third-order valence-corrected chi connectivity index (χ3v) is 3.78. The van der Waals surface area contributed by atoms with E-state index in [4.69, 9.17) is 0 Å². The number of aromatic nitrogens is 2. The van der Waals surface area contributed by atoms with Crippen molar-refractivity contribution < 1.29 is 4.39 Å². The van der Waals surface area contributed by atoms with E-state index in [1.165, 1.54) is 11.6 Å². The first-order chi connectivity index (χ1) is 10.3. The summed E-state index contributed by atoms with van der Waals surface area (Å²) in [5, 5.41) is 1.79. The van der Waals surface area contributed by atoms with Crippen molar-refractivity contribution in [2.75, 3.05) is 0 Å². The van der Waals surface area contributed by atoms with Gasteiger partial charge in [-0.15, -0.1) is 0 Å². The molecule has 0 aliphatic carbocycles. The van der Waals surface area contributed by atoms with Gasteiger partial charge < -0.3 is 4.57 Å². The van der Waals surface area contributed by atoms with Crippen LogP contribution in [0.5, 0.6) is 0 Å². The van der Waals surface area contributed by atoms with Gasteiger partial charge in [0.05, 0.1) is 11.0 Å². The monoisotopic (exact) mass is 276 g/mol. The van der Waals surface area contributed by atoms with E-state index >= 15 is 0 Å². The van der Waals surface area contributed by atoms with Crippen LogP contribution in [0.3, 0.4) is 0 Å². The number of pyridine rings is 1. The van der Waals surface area contributed by atoms with Crippen molar-refractivity contribution in [3.63, 3.8) is 0 Å². The van der Waals surface area contributed by atoms with Gasteiger partial charge in [-0.1, -0.05) is 18.2 Å². The molecule has 0 aliphatic rings. The zero-order valence-electron chi connectivity index (χ0n) is 11.3. The van der Waals surface area contributed by atoms with Crippen LogP contribution < -0.4 is 0 Å². The van der Waals surface area contributed by atoms with Crippen LogP contribution in [0, 0.1) is 5.82 Å². The van der Waals surface area contributed by atoms with Crippen molar-refractivity contribution >= 4 is 21.8 Å². The second-order valence-electron chi connectivity index (χ2n) is 5.15. The van der Waals surface area contributed by atoms with E-state index in [2.05, 4.69) is 27.8 Å². The molecule has 0 unspecified atom stereocenters. The lowest BCUT2D eigenvalue weighted by atomic mass is 10.1. The molecular weight excluding hydrogens is 263 g/mol. The highest BCUT2D eigenvalue weighted by atomic mass is 19.1. The minimum absolute atomic E-state index is 0.172. The van der Waals surface area contributed by atoms with E-state index in [1.54, 1.807) is 12.3 Å². The molecule has 0 fully saturated rings. The smallest absolute Gasteiger partial charge is 0.132 e. The summed E-state index contributed by atoms with van der Waals surface area (Å²) in [4.78, 5) is 4.32. The third-order valence-electron chi connectivity index (χ3n) is 3.78. The first-order valence-corrected chi connectivity index (χ1v) is 6.88. The van der Waals surface area contributed by atoms with Crippen LogP contribution in [0.2, 0.25) is 0 Å². The Morgan fingerprint density at radius 2 is 1.95 bits per heavy atom. The van der Waals surface area contributed by atoms with Crippen LogP contribution in [-0.4, -0.2) is 9.55 Å². The Kier molecular flexibility index (Phi) is 2.71. The molecule has 0 atom stereocenters. The van der Waals surface area contributed by atoms with Gasteiger partial charge in [-0.25, -0.2) is 4.39 Å². The average Bonchev–Trinajstić information content (AvgIpc) is 2.92. The molecule has 0 aliphatic heterocycles. The molecule has 0 saturated carbocycles. The molecule has 2 aromatic carbocycles. The summed E-state index contributed by atoms with van der Waals surface area (Å²) in [6.07, 6.45) is 3.73. The number of hydrogen-bond acceptors (Lipinski definition) is 1. The van der Waals surface area contributed by atoms with Gasteiger partial charge >= 0.3 is 0 Å². The second-order valence-corrected chi connectivity index (χ2v) is 5.15.